The Hall–Kier alpha value is -1.13. The summed E-state index contributed by atoms with van der Waals surface area (Å²) in [6, 6.07) is 6.50. The maximum absolute atomic E-state index is 13.5. The fraction of sp³-hybridized carbons (Fsp3) is 0.0833. The van der Waals surface area contributed by atoms with Crippen LogP contribution >= 0.6 is 27.5 Å². The third-order valence-corrected chi connectivity index (χ3v) is 3.07. The number of anilines is 1. The monoisotopic (exact) mass is 314 g/mol. The number of nitrogens with one attached hydrogen (secondary N) is 1. The molecule has 0 amide bonds. The van der Waals surface area contributed by atoms with Gasteiger partial charge in [-0.25, -0.2) is 4.39 Å². The van der Waals surface area contributed by atoms with Crippen molar-refractivity contribution in [3.63, 3.8) is 0 Å². The zero-order chi connectivity index (χ0) is 12.3. The minimum absolute atomic E-state index is 0.249. The molecule has 2 rings (SSSR count). The quantitative estimate of drug-likeness (QED) is 0.916. The highest BCUT2D eigenvalue weighted by Crippen LogP contribution is 2.21. The molecule has 88 valence electrons. The summed E-state index contributed by atoms with van der Waals surface area (Å²) in [7, 11) is 0. The van der Waals surface area contributed by atoms with E-state index in [1.54, 1.807) is 30.6 Å². The average molecular weight is 316 g/mol. The third-order valence-electron chi connectivity index (χ3n) is 2.24. The van der Waals surface area contributed by atoms with Crippen LogP contribution in [0.15, 0.2) is 41.1 Å². The van der Waals surface area contributed by atoms with Gasteiger partial charge < -0.3 is 5.32 Å². The van der Waals surface area contributed by atoms with Gasteiger partial charge in [0.25, 0.3) is 0 Å². The largest absolute Gasteiger partial charge is 0.378 e. The van der Waals surface area contributed by atoms with E-state index in [-0.39, 0.29) is 5.82 Å². The second-order valence-corrected chi connectivity index (χ2v) is 4.77. The molecule has 0 fully saturated rings. The second-order valence-electron chi connectivity index (χ2n) is 3.44. The first kappa shape index (κ1) is 12.3. The number of pyridine rings is 1. The van der Waals surface area contributed by atoms with Crippen LogP contribution in [0, 0.1) is 5.82 Å². The predicted molar refractivity (Wildman–Crippen MR) is 70.7 cm³/mol. The van der Waals surface area contributed by atoms with Crippen LogP contribution in [0.5, 0.6) is 0 Å². The van der Waals surface area contributed by atoms with Crippen molar-refractivity contribution in [2.75, 3.05) is 5.32 Å². The maximum Gasteiger partial charge on any atom is 0.128 e. The van der Waals surface area contributed by atoms with Crippen molar-refractivity contribution < 1.29 is 4.39 Å². The molecule has 5 heteroatoms. The first-order chi connectivity index (χ1) is 8.16. The Morgan fingerprint density at radius 1 is 1.35 bits per heavy atom. The molecule has 0 unspecified atom stereocenters. The van der Waals surface area contributed by atoms with Gasteiger partial charge >= 0.3 is 0 Å². The highest BCUT2D eigenvalue weighted by Gasteiger charge is 2.04. The lowest BCUT2D eigenvalue weighted by atomic mass is 10.2. The fourth-order valence-corrected chi connectivity index (χ4v) is 1.96. The average Bonchev–Trinajstić information content (AvgIpc) is 2.32. The topological polar surface area (TPSA) is 24.9 Å². The van der Waals surface area contributed by atoms with Gasteiger partial charge in [-0.2, -0.15) is 0 Å². The molecule has 0 spiro atoms. The molecule has 0 aliphatic heterocycles. The zero-order valence-electron chi connectivity index (χ0n) is 8.75. The van der Waals surface area contributed by atoms with Crippen LogP contribution < -0.4 is 5.32 Å². The molecule has 0 aliphatic carbocycles. The van der Waals surface area contributed by atoms with Crippen LogP contribution in [0.1, 0.15) is 5.56 Å². The summed E-state index contributed by atoms with van der Waals surface area (Å²) < 4.78 is 14.3. The van der Waals surface area contributed by atoms with Gasteiger partial charge in [0.1, 0.15) is 5.82 Å². The molecule has 0 saturated carbocycles. The van der Waals surface area contributed by atoms with E-state index >= 15 is 0 Å². The second kappa shape index (κ2) is 5.47. The molecule has 1 heterocycles. The predicted octanol–water partition coefficient (Wildman–Crippen LogP) is 4.25. The molecule has 0 saturated heterocycles. The molecule has 0 aliphatic rings. The van der Waals surface area contributed by atoms with E-state index in [2.05, 4.69) is 26.2 Å². The summed E-state index contributed by atoms with van der Waals surface area (Å²) in [4.78, 5) is 3.95. The molecular formula is C12H9BrClFN2. The summed E-state index contributed by atoms with van der Waals surface area (Å²) in [5.41, 5.74) is 1.26. The van der Waals surface area contributed by atoms with Crippen LogP contribution in [-0.2, 0) is 6.54 Å². The SMILES string of the molecule is Fc1ccc(Br)cc1CNc1cnccc1Cl. The first-order valence-electron chi connectivity index (χ1n) is 4.94. The third kappa shape index (κ3) is 3.17. The number of halogens is 3. The molecule has 0 atom stereocenters. The lowest BCUT2D eigenvalue weighted by Gasteiger charge is -2.08. The smallest absolute Gasteiger partial charge is 0.128 e. The van der Waals surface area contributed by atoms with Crippen molar-refractivity contribution in [3.8, 4) is 0 Å². The van der Waals surface area contributed by atoms with Crippen molar-refractivity contribution >= 4 is 33.2 Å². The highest BCUT2D eigenvalue weighted by atomic mass is 79.9. The van der Waals surface area contributed by atoms with Crippen molar-refractivity contribution in [1.82, 2.24) is 4.98 Å². The lowest BCUT2D eigenvalue weighted by molar-refractivity contribution is 0.612. The molecule has 0 bridgehead atoms. The van der Waals surface area contributed by atoms with Crippen LogP contribution in [0.3, 0.4) is 0 Å². The van der Waals surface area contributed by atoms with Crippen molar-refractivity contribution in [3.05, 3.63) is 57.5 Å². The van der Waals surface area contributed by atoms with E-state index in [1.165, 1.54) is 6.07 Å². The van der Waals surface area contributed by atoms with Gasteiger partial charge in [0.15, 0.2) is 0 Å². The summed E-state index contributed by atoms with van der Waals surface area (Å²) >= 11 is 9.26. The summed E-state index contributed by atoms with van der Waals surface area (Å²) in [6.45, 7) is 0.358. The zero-order valence-corrected chi connectivity index (χ0v) is 11.1. The molecule has 1 aromatic heterocycles. The summed E-state index contributed by atoms with van der Waals surface area (Å²) in [5, 5.41) is 3.61. The normalized spacial score (nSPS) is 10.3. The maximum atomic E-state index is 13.5. The van der Waals surface area contributed by atoms with Gasteiger partial charge in [-0.1, -0.05) is 27.5 Å². The van der Waals surface area contributed by atoms with Gasteiger partial charge in [0.2, 0.25) is 0 Å². The van der Waals surface area contributed by atoms with E-state index in [0.717, 1.165) is 4.47 Å². The van der Waals surface area contributed by atoms with Crippen LogP contribution in [0.4, 0.5) is 10.1 Å². The van der Waals surface area contributed by atoms with Gasteiger partial charge in [-0.05, 0) is 24.3 Å². The van der Waals surface area contributed by atoms with E-state index in [9.17, 15) is 4.39 Å². The van der Waals surface area contributed by atoms with Crippen molar-refractivity contribution in [1.29, 1.82) is 0 Å². The van der Waals surface area contributed by atoms with Gasteiger partial charge in [0.05, 0.1) is 16.9 Å². The highest BCUT2D eigenvalue weighted by molar-refractivity contribution is 9.10. The number of benzene rings is 1. The minimum atomic E-state index is -0.249. The molecule has 2 nitrogen and oxygen atoms in total. The van der Waals surface area contributed by atoms with E-state index in [0.29, 0.717) is 22.8 Å². The number of aromatic nitrogens is 1. The van der Waals surface area contributed by atoms with E-state index in [4.69, 9.17) is 11.6 Å². The number of nitrogens with zero attached hydrogens (tertiary/aromatic N) is 1. The Labute approximate surface area is 112 Å². The van der Waals surface area contributed by atoms with Crippen LogP contribution in [0.2, 0.25) is 5.02 Å². The molecule has 2 aromatic rings. The standard InChI is InChI=1S/C12H9BrClFN2/c13-9-1-2-11(15)8(5-9)6-17-12-7-16-4-3-10(12)14/h1-5,7,17H,6H2. The summed E-state index contributed by atoms with van der Waals surface area (Å²) in [5.74, 6) is -0.249. The summed E-state index contributed by atoms with van der Waals surface area (Å²) in [6.07, 6.45) is 3.21. The lowest BCUT2D eigenvalue weighted by Crippen LogP contribution is -2.02. The molecule has 1 aromatic carbocycles. The Balaban J connectivity index is 2.12. The Morgan fingerprint density at radius 3 is 2.94 bits per heavy atom. The van der Waals surface area contributed by atoms with Crippen LogP contribution in [0.25, 0.3) is 0 Å². The van der Waals surface area contributed by atoms with Crippen LogP contribution in [-0.4, -0.2) is 4.98 Å². The molecule has 17 heavy (non-hydrogen) atoms. The van der Waals surface area contributed by atoms with Crippen molar-refractivity contribution in [2.24, 2.45) is 0 Å². The van der Waals surface area contributed by atoms with Crippen molar-refractivity contribution in [2.45, 2.75) is 6.54 Å². The molecule has 0 radical (unpaired) electrons. The number of hydrogen-bond acceptors (Lipinski definition) is 2. The van der Waals surface area contributed by atoms with E-state index in [1.807, 2.05) is 0 Å². The Bertz CT molecular complexity index is 534. The number of rotatable bonds is 3. The van der Waals surface area contributed by atoms with E-state index < -0.39 is 0 Å². The van der Waals surface area contributed by atoms with Gasteiger partial charge in [-0.15, -0.1) is 0 Å². The molecule has 1 N–H and O–H groups in total. The van der Waals surface area contributed by atoms with Gasteiger partial charge in [0, 0.05) is 22.8 Å². The fourth-order valence-electron chi connectivity index (χ4n) is 1.38. The Kier molecular flexibility index (Phi) is 3.97. The minimum Gasteiger partial charge on any atom is -0.378 e. The Morgan fingerprint density at radius 2 is 2.18 bits per heavy atom. The first-order valence-corrected chi connectivity index (χ1v) is 6.11. The molecular weight excluding hydrogens is 307 g/mol. The van der Waals surface area contributed by atoms with Gasteiger partial charge in [-0.3, -0.25) is 4.98 Å². The number of hydrogen-bond donors (Lipinski definition) is 1.